The highest BCUT2D eigenvalue weighted by Gasteiger charge is 2.36. The molecule has 0 amide bonds. The van der Waals surface area contributed by atoms with E-state index in [0.717, 1.165) is 17.5 Å². The van der Waals surface area contributed by atoms with Crippen LogP contribution in [0.25, 0.3) is 21.1 Å². The van der Waals surface area contributed by atoms with E-state index in [-0.39, 0.29) is 11.4 Å². The first-order chi connectivity index (χ1) is 13.5. The van der Waals surface area contributed by atoms with Crippen LogP contribution in [0.2, 0.25) is 0 Å². The maximum atomic E-state index is 13.3. The topological polar surface area (TPSA) is 89.9 Å². The summed E-state index contributed by atoms with van der Waals surface area (Å²) in [6.07, 6.45) is -1.03. The summed E-state index contributed by atoms with van der Waals surface area (Å²) in [5.74, 6) is -4.96. The monoisotopic (exact) mass is 445 g/mol. The number of carbonyl (C=O) groups is 1. The summed E-state index contributed by atoms with van der Waals surface area (Å²) >= 11 is 1.13. The number of aromatic nitrogens is 3. The third-order valence-electron chi connectivity index (χ3n) is 3.48. The van der Waals surface area contributed by atoms with Gasteiger partial charge >= 0.3 is 6.18 Å². The lowest BCUT2D eigenvalue weighted by molar-refractivity contribution is -0.106. The van der Waals surface area contributed by atoms with Crippen LogP contribution in [-0.2, 0) is 9.84 Å². The van der Waals surface area contributed by atoms with E-state index in [1.165, 1.54) is 36.7 Å². The van der Waals surface area contributed by atoms with Gasteiger partial charge in [-0.15, -0.1) is 11.3 Å². The van der Waals surface area contributed by atoms with Crippen molar-refractivity contribution in [3.05, 3.63) is 54.4 Å². The minimum Gasteiger partial charge on any atom is -0.291 e. The Morgan fingerprint density at radius 1 is 1.14 bits per heavy atom. The number of ketones is 1. The summed E-state index contributed by atoms with van der Waals surface area (Å²) in [6, 6.07) is 5.42. The van der Waals surface area contributed by atoms with Gasteiger partial charge in [-0.2, -0.15) is 13.2 Å². The standard InChI is InChI=1S/C17H11F4N3O3S2/c18-11-4-10(5-22-6-11)16-23-7-15(28-16)13-3-1-2-12(24-13)14(25)8-29(26,27)9-17(19,20)21/h1-7H,8-9H2. The van der Waals surface area contributed by atoms with Gasteiger partial charge in [0.25, 0.3) is 0 Å². The third kappa shape index (κ3) is 5.64. The van der Waals surface area contributed by atoms with Crippen molar-refractivity contribution in [2.24, 2.45) is 0 Å². The number of pyridine rings is 2. The van der Waals surface area contributed by atoms with Crippen molar-refractivity contribution < 1.29 is 30.8 Å². The molecule has 29 heavy (non-hydrogen) atoms. The van der Waals surface area contributed by atoms with E-state index in [0.29, 0.717) is 15.4 Å². The van der Waals surface area contributed by atoms with E-state index in [1.54, 1.807) is 0 Å². The first-order valence-corrected chi connectivity index (χ1v) is 10.5. The number of halogens is 4. The highest BCUT2D eigenvalue weighted by atomic mass is 32.2. The molecule has 0 unspecified atom stereocenters. The van der Waals surface area contributed by atoms with Crippen LogP contribution < -0.4 is 0 Å². The molecule has 0 atom stereocenters. The number of hydrogen-bond donors (Lipinski definition) is 0. The number of thiazole rings is 1. The molecule has 0 saturated carbocycles. The van der Waals surface area contributed by atoms with Crippen LogP contribution >= 0.6 is 11.3 Å². The molecule has 0 N–H and O–H groups in total. The number of carbonyl (C=O) groups excluding carboxylic acids is 1. The average Bonchev–Trinajstić information content (AvgIpc) is 3.09. The number of rotatable bonds is 6. The number of sulfone groups is 1. The second-order valence-corrected chi connectivity index (χ2v) is 9.00. The minimum absolute atomic E-state index is 0.275. The van der Waals surface area contributed by atoms with Crippen LogP contribution in [0, 0.1) is 5.82 Å². The van der Waals surface area contributed by atoms with Crippen LogP contribution in [0.3, 0.4) is 0 Å². The molecule has 0 aliphatic carbocycles. The molecule has 3 aromatic heterocycles. The Kier molecular flexibility index (Phi) is 5.75. The summed E-state index contributed by atoms with van der Waals surface area (Å²) < 4.78 is 73.4. The van der Waals surface area contributed by atoms with Crippen LogP contribution in [0.15, 0.2) is 42.9 Å². The van der Waals surface area contributed by atoms with Crippen molar-refractivity contribution in [1.82, 2.24) is 15.0 Å². The van der Waals surface area contributed by atoms with Crippen LogP contribution in [0.5, 0.6) is 0 Å². The average molecular weight is 445 g/mol. The molecular formula is C17H11F4N3O3S2. The van der Waals surface area contributed by atoms with E-state index in [4.69, 9.17) is 0 Å². The predicted octanol–water partition coefficient (Wildman–Crippen LogP) is 3.57. The fourth-order valence-electron chi connectivity index (χ4n) is 2.36. The fraction of sp³-hybridized carbons (Fsp3) is 0.176. The van der Waals surface area contributed by atoms with Gasteiger partial charge in [-0.05, 0) is 18.2 Å². The Hall–Kier alpha value is -2.73. The van der Waals surface area contributed by atoms with Crippen molar-refractivity contribution in [1.29, 1.82) is 0 Å². The Morgan fingerprint density at radius 3 is 2.59 bits per heavy atom. The Morgan fingerprint density at radius 2 is 1.90 bits per heavy atom. The number of hydrogen-bond acceptors (Lipinski definition) is 7. The molecule has 3 rings (SSSR count). The molecule has 3 aromatic rings. The van der Waals surface area contributed by atoms with Gasteiger partial charge in [0.1, 0.15) is 28.0 Å². The lowest BCUT2D eigenvalue weighted by atomic mass is 10.2. The number of nitrogens with zero attached hydrogens (tertiary/aromatic N) is 3. The molecule has 0 radical (unpaired) electrons. The summed E-state index contributed by atoms with van der Waals surface area (Å²) in [4.78, 5) is 24.5. The fourth-order valence-corrected chi connectivity index (χ4v) is 4.37. The molecule has 152 valence electrons. The van der Waals surface area contributed by atoms with E-state index in [2.05, 4.69) is 15.0 Å². The zero-order chi connectivity index (χ0) is 21.2. The first-order valence-electron chi connectivity index (χ1n) is 7.87. The van der Waals surface area contributed by atoms with Crippen LogP contribution in [-0.4, -0.2) is 46.8 Å². The molecule has 0 spiro atoms. The van der Waals surface area contributed by atoms with E-state index in [9.17, 15) is 30.8 Å². The smallest absolute Gasteiger partial charge is 0.291 e. The molecule has 0 fully saturated rings. The van der Waals surface area contributed by atoms with Crippen LogP contribution in [0.1, 0.15) is 10.5 Å². The minimum atomic E-state index is -4.93. The highest BCUT2D eigenvalue weighted by Crippen LogP contribution is 2.31. The molecule has 6 nitrogen and oxygen atoms in total. The maximum absolute atomic E-state index is 13.3. The first kappa shape index (κ1) is 21.0. The van der Waals surface area contributed by atoms with Gasteiger partial charge < -0.3 is 0 Å². The number of Topliss-reactive ketones (excluding diaryl/α,β-unsaturated/α-hetero) is 1. The molecule has 3 heterocycles. The van der Waals surface area contributed by atoms with Gasteiger partial charge in [0.2, 0.25) is 0 Å². The second-order valence-electron chi connectivity index (χ2n) is 5.90. The summed E-state index contributed by atoms with van der Waals surface area (Å²) in [7, 11) is -4.67. The largest absolute Gasteiger partial charge is 0.402 e. The summed E-state index contributed by atoms with van der Waals surface area (Å²) in [5.41, 5.74) is 0.430. The number of alkyl halides is 3. The Balaban J connectivity index is 1.82. The zero-order valence-corrected chi connectivity index (χ0v) is 16.0. The van der Waals surface area contributed by atoms with Crippen molar-refractivity contribution in [2.75, 3.05) is 11.5 Å². The quantitative estimate of drug-likeness (QED) is 0.426. The molecular weight excluding hydrogens is 434 g/mol. The van der Waals surface area contributed by atoms with Gasteiger partial charge in [-0.1, -0.05) is 6.07 Å². The van der Waals surface area contributed by atoms with Gasteiger partial charge in [-0.3, -0.25) is 9.78 Å². The summed E-state index contributed by atoms with van der Waals surface area (Å²) in [5, 5.41) is 0.443. The van der Waals surface area contributed by atoms with E-state index in [1.807, 2.05) is 0 Å². The van der Waals surface area contributed by atoms with Crippen molar-refractivity contribution in [3.8, 4) is 21.1 Å². The Labute approximate surface area is 166 Å². The summed E-state index contributed by atoms with van der Waals surface area (Å²) in [6.45, 7) is 0. The molecule has 0 aromatic carbocycles. The highest BCUT2D eigenvalue weighted by molar-refractivity contribution is 7.92. The van der Waals surface area contributed by atoms with Gasteiger partial charge in [0.15, 0.2) is 15.6 Å². The van der Waals surface area contributed by atoms with Crippen molar-refractivity contribution in [2.45, 2.75) is 6.18 Å². The van der Waals surface area contributed by atoms with Gasteiger partial charge in [-0.25, -0.2) is 22.8 Å². The SMILES string of the molecule is O=C(CS(=O)(=O)CC(F)(F)F)c1cccc(-c2cnc(-c3cncc(F)c3)s2)n1. The Bertz CT molecular complexity index is 1160. The molecule has 0 saturated heterocycles. The lowest BCUT2D eigenvalue weighted by Crippen LogP contribution is -2.28. The van der Waals surface area contributed by atoms with Gasteiger partial charge in [0.05, 0.1) is 16.8 Å². The van der Waals surface area contributed by atoms with Crippen molar-refractivity contribution in [3.63, 3.8) is 0 Å². The molecule has 0 bridgehead atoms. The van der Waals surface area contributed by atoms with Crippen LogP contribution in [0.4, 0.5) is 17.6 Å². The molecule has 0 aliphatic rings. The van der Waals surface area contributed by atoms with Crippen molar-refractivity contribution >= 4 is 27.0 Å². The van der Waals surface area contributed by atoms with Gasteiger partial charge in [0, 0.05) is 18.0 Å². The zero-order valence-electron chi connectivity index (χ0n) is 14.4. The third-order valence-corrected chi connectivity index (χ3v) is 6.02. The van der Waals surface area contributed by atoms with E-state index < -0.39 is 39.1 Å². The molecule has 0 aliphatic heterocycles. The maximum Gasteiger partial charge on any atom is 0.402 e. The normalized spacial score (nSPS) is 12.1. The molecule has 12 heteroatoms. The van der Waals surface area contributed by atoms with E-state index >= 15 is 0 Å². The second kappa shape index (κ2) is 7.95. The lowest BCUT2D eigenvalue weighted by Gasteiger charge is -2.07. The predicted molar refractivity (Wildman–Crippen MR) is 97.6 cm³/mol.